The van der Waals surface area contributed by atoms with Gasteiger partial charge in [0, 0.05) is 34.4 Å². The van der Waals surface area contributed by atoms with Gasteiger partial charge in [0.1, 0.15) is 11.5 Å². The van der Waals surface area contributed by atoms with E-state index in [1.54, 1.807) is 6.07 Å². The predicted octanol–water partition coefficient (Wildman–Crippen LogP) is 8.65. The Labute approximate surface area is 265 Å². The molecule has 8 heteroatoms. The maximum Gasteiger partial charge on any atom is 0.573 e. The molecule has 1 saturated heterocycles. The Morgan fingerprint density at radius 3 is 2.36 bits per heavy atom. The fraction of sp³-hybridized carbons (Fsp3) is 0.757. The summed E-state index contributed by atoms with van der Waals surface area (Å²) in [5, 5.41) is 13.0. The molecule has 2 heterocycles. The van der Waals surface area contributed by atoms with Crippen molar-refractivity contribution in [3.63, 3.8) is 0 Å². The Bertz CT molecular complexity index is 1560. The maximum absolute atomic E-state index is 14.6. The van der Waals surface area contributed by atoms with Gasteiger partial charge < -0.3 is 19.6 Å². The van der Waals surface area contributed by atoms with Gasteiger partial charge in [-0.1, -0.05) is 34.6 Å². The van der Waals surface area contributed by atoms with E-state index in [9.17, 15) is 23.1 Å². The average Bonchev–Trinajstić information content (AvgIpc) is 3.44. The number of hydrogen-bond acceptors (Lipinski definition) is 4. The van der Waals surface area contributed by atoms with E-state index in [1.165, 1.54) is 12.1 Å². The van der Waals surface area contributed by atoms with Crippen LogP contribution in [0.25, 0.3) is 10.9 Å². The van der Waals surface area contributed by atoms with Crippen molar-refractivity contribution in [1.82, 2.24) is 4.98 Å². The molecule has 0 spiro atoms. The number of halogens is 3. The van der Waals surface area contributed by atoms with Crippen molar-refractivity contribution in [1.29, 1.82) is 0 Å². The van der Waals surface area contributed by atoms with E-state index in [-0.39, 0.29) is 57.2 Å². The third-order valence-electron chi connectivity index (χ3n) is 14.2. The largest absolute Gasteiger partial charge is 0.573 e. The lowest BCUT2D eigenvalue weighted by atomic mass is 9.35. The van der Waals surface area contributed by atoms with E-state index in [0.29, 0.717) is 24.6 Å². The van der Waals surface area contributed by atoms with E-state index < -0.39 is 23.3 Å². The van der Waals surface area contributed by atoms with Crippen LogP contribution in [0.3, 0.4) is 0 Å². The van der Waals surface area contributed by atoms with Gasteiger partial charge in [-0.3, -0.25) is 4.79 Å². The molecule has 4 aliphatic carbocycles. The highest BCUT2D eigenvalue weighted by Gasteiger charge is 2.73. The van der Waals surface area contributed by atoms with E-state index in [1.807, 2.05) is 0 Å². The van der Waals surface area contributed by atoms with Crippen molar-refractivity contribution < 1.29 is 32.5 Å². The van der Waals surface area contributed by atoms with Crippen LogP contribution >= 0.6 is 0 Å². The van der Waals surface area contributed by atoms with Gasteiger partial charge in [0.25, 0.3) is 0 Å². The number of hydrogen-bond donors (Lipinski definition) is 2. The first-order valence-corrected chi connectivity index (χ1v) is 17.0. The van der Waals surface area contributed by atoms with Crippen molar-refractivity contribution in [3.05, 3.63) is 29.5 Å². The number of aliphatic hydroxyl groups excluding tert-OH is 1. The summed E-state index contributed by atoms with van der Waals surface area (Å²) in [4.78, 5) is 18.1. The zero-order chi connectivity index (χ0) is 32.8. The normalized spacial score (nSPS) is 43.7. The van der Waals surface area contributed by atoms with Gasteiger partial charge in [0.05, 0.1) is 17.3 Å². The summed E-state index contributed by atoms with van der Waals surface area (Å²) in [6, 6.07) is 4.48. The molecule has 0 radical (unpaired) electrons. The molecule has 248 valence electrons. The van der Waals surface area contributed by atoms with E-state index in [0.717, 1.165) is 48.9 Å². The van der Waals surface area contributed by atoms with Crippen molar-refractivity contribution in [2.75, 3.05) is 0 Å². The molecular formula is C37H50F3NO4. The maximum atomic E-state index is 14.6. The standard InChI is InChI=1S/C37H50F3NO4/c1-31(2)13-9-14-36(8,45-31)23-12-15-34(6)28(23)25(42)17-27-33(5)18-22-21-16-20(44-37(38,39)40)10-11-24(21)41-30(22)32(3,4)29(33)26(43)19-35(27,34)7/h10-11,16,23,25,27-29,41-42H,9,12-15,17-19H2,1-8H3/t23-,25+,27+,28-,29-,33+,34+,35+,36+/m0/s1. The van der Waals surface area contributed by atoms with Gasteiger partial charge in [-0.05, 0) is 123 Å². The van der Waals surface area contributed by atoms with Crippen LogP contribution in [0.4, 0.5) is 13.2 Å². The molecule has 5 aliphatic rings. The zero-order valence-electron chi connectivity index (χ0n) is 28.1. The first-order valence-electron chi connectivity index (χ1n) is 17.0. The molecule has 9 atom stereocenters. The summed E-state index contributed by atoms with van der Waals surface area (Å²) < 4.78 is 50.7. The van der Waals surface area contributed by atoms with Gasteiger partial charge in [-0.25, -0.2) is 0 Å². The number of carbonyl (C=O) groups is 1. The number of carbonyl (C=O) groups excluding carboxylic acids is 1. The first kappa shape index (κ1) is 31.5. The summed E-state index contributed by atoms with van der Waals surface area (Å²) in [5.74, 6) is 0.0602. The number of aliphatic hydroxyl groups is 1. The molecule has 1 aromatic carbocycles. The monoisotopic (exact) mass is 629 g/mol. The molecule has 45 heavy (non-hydrogen) atoms. The lowest BCUT2D eigenvalue weighted by Crippen LogP contribution is -2.69. The van der Waals surface area contributed by atoms with Crippen LogP contribution in [0, 0.1) is 39.9 Å². The number of rotatable bonds is 2. The Hall–Kier alpha value is -2.06. The van der Waals surface area contributed by atoms with Crippen molar-refractivity contribution in [2.45, 2.75) is 136 Å². The number of benzene rings is 1. The summed E-state index contributed by atoms with van der Waals surface area (Å²) in [7, 11) is 0. The number of alkyl halides is 3. The summed E-state index contributed by atoms with van der Waals surface area (Å²) in [6.07, 6.45) is 1.40. The number of Topliss-reactive ketones (excluding diaryl/α,β-unsaturated/α-hetero) is 1. The highest BCUT2D eigenvalue weighted by molar-refractivity contribution is 5.90. The summed E-state index contributed by atoms with van der Waals surface area (Å²) >= 11 is 0. The summed E-state index contributed by atoms with van der Waals surface area (Å²) in [6.45, 7) is 17.7. The van der Waals surface area contributed by atoms with Crippen LogP contribution in [0.15, 0.2) is 18.2 Å². The number of ketones is 1. The van der Waals surface area contributed by atoms with E-state index in [2.05, 4.69) is 65.1 Å². The second kappa shape index (κ2) is 9.30. The van der Waals surface area contributed by atoms with Gasteiger partial charge in [0.2, 0.25) is 0 Å². The second-order valence-electron chi connectivity index (χ2n) is 17.6. The lowest BCUT2D eigenvalue weighted by molar-refractivity contribution is -0.274. The Morgan fingerprint density at radius 1 is 0.978 bits per heavy atom. The Morgan fingerprint density at radius 2 is 1.69 bits per heavy atom. The minimum absolute atomic E-state index is 0.0351. The van der Waals surface area contributed by atoms with Gasteiger partial charge in [-0.15, -0.1) is 13.2 Å². The van der Waals surface area contributed by atoms with Crippen molar-refractivity contribution in [3.8, 4) is 5.75 Å². The smallest absolute Gasteiger partial charge is 0.406 e. The second-order valence-corrected chi connectivity index (χ2v) is 17.6. The minimum atomic E-state index is -4.78. The molecule has 0 unspecified atom stereocenters. The predicted molar refractivity (Wildman–Crippen MR) is 167 cm³/mol. The summed E-state index contributed by atoms with van der Waals surface area (Å²) in [5.41, 5.74) is 0.476. The van der Waals surface area contributed by atoms with Crippen LogP contribution in [-0.4, -0.2) is 39.5 Å². The molecule has 2 N–H and O–H groups in total. The van der Waals surface area contributed by atoms with Crippen LogP contribution in [0.5, 0.6) is 5.75 Å². The Kier molecular flexibility index (Phi) is 6.52. The lowest BCUT2D eigenvalue weighted by Gasteiger charge is -2.69. The number of aromatic nitrogens is 1. The third-order valence-corrected chi connectivity index (χ3v) is 14.2. The SMILES string of the molecule is CC1(C)CCC[C@](C)([C@H]2CC[C@]3(C)[C@@H]2[C@H](O)C[C@@H]2[C@@]4(C)Cc5c([nH]c6ccc(OC(F)(F)F)cc56)C(C)(C)[C@@H]4C(=O)C[C@]23C)O1. The molecule has 0 amide bonds. The molecule has 5 nitrogen and oxygen atoms in total. The van der Waals surface area contributed by atoms with Crippen LogP contribution < -0.4 is 4.74 Å². The van der Waals surface area contributed by atoms with E-state index in [4.69, 9.17) is 4.74 Å². The molecule has 4 fully saturated rings. The topological polar surface area (TPSA) is 71.5 Å². The van der Waals surface area contributed by atoms with Crippen LogP contribution in [-0.2, 0) is 21.4 Å². The highest BCUT2D eigenvalue weighted by atomic mass is 19.4. The van der Waals surface area contributed by atoms with Gasteiger partial charge in [-0.2, -0.15) is 0 Å². The number of nitrogens with one attached hydrogen (secondary N) is 1. The fourth-order valence-electron chi connectivity index (χ4n) is 12.7. The molecule has 1 aromatic heterocycles. The molecule has 2 aromatic rings. The van der Waals surface area contributed by atoms with Crippen molar-refractivity contribution >= 4 is 16.7 Å². The van der Waals surface area contributed by atoms with Gasteiger partial charge >= 0.3 is 6.36 Å². The molecule has 0 bridgehead atoms. The minimum Gasteiger partial charge on any atom is -0.406 e. The molecular weight excluding hydrogens is 579 g/mol. The molecule has 7 rings (SSSR count). The number of H-pyrrole nitrogens is 1. The molecule has 3 saturated carbocycles. The number of aromatic amines is 1. The first-order chi connectivity index (χ1) is 20.7. The Balaban J connectivity index is 1.32. The third kappa shape index (κ3) is 4.29. The van der Waals surface area contributed by atoms with Crippen LogP contribution in [0.1, 0.15) is 112 Å². The number of ether oxygens (including phenoxy) is 2. The fourth-order valence-corrected chi connectivity index (χ4v) is 12.7. The van der Waals surface area contributed by atoms with Gasteiger partial charge in [0.15, 0.2) is 0 Å². The zero-order valence-corrected chi connectivity index (χ0v) is 28.1. The highest BCUT2D eigenvalue weighted by Crippen LogP contribution is 2.75. The molecule has 1 aliphatic heterocycles. The van der Waals surface area contributed by atoms with Crippen LogP contribution in [0.2, 0.25) is 0 Å². The average molecular weight is 630 g/mol. The quantitative estimate of drug-likeness (QED) is 0.349. The van der Waals surface area contributed by atoms with E-state index >= 15 is 0 Å². The number of fused-ring (bicyclic) bond motifs is 8. The van der Waals surface area contributed by atoms with Crippen molar-refractivity contribution in [2.24, 2.45) is 39.9 Å².